The number of carbonyl (C=O) groups excluding carboxylic acids is 1. The van der Waals surface area contributed by atoms with Crippen LogP contribution in [0, 0.1) is 5.82 Å². The van der Waals surface area contributed by atoms with E-state index in [1.54, 1.807) is 4.90 Å². The molecule has 20 heavy (non-hydrogen) atoms. The highest BCUT2D eigenvalue weighted by Crippen LogP contribution is 2.24. The standard InChI is InChI=1S/C13H15ClFNO4/c14-11-5-9(15)1-2-12(11)20-8-13(18)16-3-4-19-10(6-16)7-17/h1-2,5,10,17H,3-4,6-8H2. The summed E-state index contributed by atoms with van der Waals surface area (Å²) >= 11 is 5.80. The van der Waals surface area contributed by atoms with Gasteiger partial charge in [-0.15, -0.1) is 0 Å². The Bertz CT molecular complexity index is 485. The minimum Gasteiger partial charge on any atom is -0.482 e. The number of aliphatic hydroxyl groups is 1. The van der Waals surface area contributed by atoms with E-state index in [0.717, 1.165) is 6.07 Å². The van der Waals surface area contributed by atoms with Crippen LogP contribution in [0.4, 0.5) is 4.39 Å². The van der Waals surface area contributed by atoms with Crippen LogP contribution in [0.1, 0.15) is 0 Å². The fourth-order valence-corrected chi connectivity index (χ4v) is 2.10. The molecule has 0 radical (unpaired) electrons. The van der Waals surface area contributed by atoms with Gasteiger partial charge in [0, 0.05) is 13.1 Å². The molecule has 5 nitrogen and oxygen atoms in total. The normalized spacial score (nSPS) is 18.9. The topological polar surface area (TPSA) is 59.0 Å². The molecule has 0 aromatic heterocycles. The SMILES string of the molecule is O=C(COc1ccc(F)cc1Cl)N1CCOC(CO)C1. The van der Waals surface area contributed by atoms with Gasteiger partial charge in [-0.25, -0.2) is 4.39 Å². The smallest absolute Gasteiger partial charge is 0.260 e. The highest BCUT2D eigenvalue weighted by molar-refractivity contribution is 6.32. The third-order valence-corrected chi connectivity index (χ3v) is 3.24. The number of nitrogens with zero attached hydrogens (tertiary/aromatic N) is 1. The second-order valence-electron chi connectivity index (χ2n) is 4.38. The zero-order chi connectivity index (χ0) is 14.5. The highest BCUT2D eigenvalue weighted by Gasteiger charge is 2.24. The first-order chi connectivity index (χ1) is 9.60. The van der Waals surface area contributed by atoms with Crippen molar-refractivity contribution in [3.8, 4) is 5.75 Å². The van der Waals surface area contributed by atoms with Crippen LogP contribution < -0.4 is 4.74 Å². The maximum absolute atomic E-state index is 12.9. The summed E-state index contributed by atoms with van der Waals surface area (Å²) in [5.74, 6) is -0.437. The molecule has 1 aliphatic heterocycles. The first kappa shape index (κ1) is 15.0. The fraction of sp³-hybridized carbons (Fsp3) is 0.462. The molecule has 1 amide bonds. The number of aliphatic hydroxyl groups excluding tert-OH is 1. The van der Waals surface area contributed by atoms with E-state index >= 15 is 0 Å². The third kappa shape index (κ3) is 3.82. The van der Waals surface area contributed by atoms with Gasteiger partial charge in [0.25, 0.3) is 5.91 Å². The number of hydrogen-bond donors (Lipinski definition) is 1. The Kier molecular flexibility index (Phi) is 5.17. The fourth-order valence-electron chi connectivity index (χ4n) is 1.88. The number of benzene rings is 1. The lowest BCUT2D eigenvalue weighted by atomic mass is 10.3. The average Bonchev–Trinajstić information content (AvgIpc) is 2.46. The van der Waals surface area contributed by atoms with E-state index in [-0.39, 0.29) is 36.0 Å². The van der Waals surface area contributed by atoms with Crippen LogP contribution in [0.3, 0.4) is 0 Å². The molecule has 7 heteroatoms. The van der Waals surface area contributed by atoms with Crippen LogP contribution in [-0.2, 0) is 9.53 Å². The summed E-state index contributed by atoms with van der Waals surface area (Å²) in [4.78, 5) is 13.5. The summed E-state index contributed by atoms with van der Waals surface area (Å²) in [7, 11) is 0. The van der Waals surface area contributed by atoms with Crippen LogP contribution in [-0.4, -0.2) is 54.9 Å². The Morgan fingerprint density at radius 2 is 2.40 bits per heavy atom. The number of morpholine rings is 1. The Hall–Kier alpha value is -1.37. The van der Waals surface area contributed by atoms with Crippen molar-refractivity contribution in [2.45, 2.75) is 6.10 Å². The minimum absolute atomic E-state index is 0.119. The molecule has 1 N–H and O–H groups in total. The van der Waals surface area contributed by atoms with E-state index in [1.807, 2.05) is 0 Å². The molecule has 0 aliphatic carbocycles. The molecule has 1 unspecified atom stereocenters. The van der Waals surface area contributed by atoms with Crippen molar-refractivity contribution >= 4 is 17.5 Å². The summed E-state index contributed by atoms with van der Waals surface area (Å²) in [5, 5.41) is 9.13. The van der Waals surface area contributed by atoms with Gasteiger partial charge in [0.1, 0.15) is 11.6 Å². The minimum atomic E-state index is -0.465. The van der Waals surface area contributed by atoms with E-state index < -0.39 is 5.82 Å². The monoisotopic (exact) mass is 303 g/mol. The predicted molar refractivity (Wildman–Crippen MR) is 70.3 cm³/mol. The highest BCUT2D eigenvalue weighted by atomic mass is 35.5. The largest absolute Gasteiger partial charge is 0.482 e. The van der Waals surface area contributed by atoms with Crippen molar-refractivity contribution in [1.29, 1.82) is 0 Å². The van der Waals surface area contributed by atoms with Crippen LogP contribution in [0.15, 0.2) is 18.2 Å². The number of ether oxygens (including phenoxy) is 2. The van der Waals surface area contributed by atoms with E-state index in [2.05, 4.69) is 0 Å². The van der Waals surface area contributed by atoms with Gasteiger partial charge in [-0.3, -0.25) is 4.79 Å². The summed E-state index contributed by atoms with van der Waals surface area (Å²) < 4.78 is 23.4. The first-order valence-corrected chi connectivity index (χ1v) is 6.56. The lowest BCUT2D eigenvalue weighted by molar-refractivity contribution is -0.142. The van der Waals surface area contributed by atoms with Gasteiger partial charge in [0.05, 0.1) is 24.3 Å². The van der Waals surface area contributed by atoms with E-state index in [0.29, 0.717) is 19.7 Å². The van der Waals surface area contributed by atoms with Gasteiger partial charge in [-0.1, -0.05) is 11.6 Å². The van der Waals surface area contributed by atoms with Gasteiger partial charge >= 0.3 is 0 Å². The van der Waals surface area contributed by atoms with Crippen molar-refractivity contribution < 1.29 is 23.8 Å². The van der Waals surface area contributed by atoms with E-state index in [4.69, 9.17) is 26.2 Å². The van der Waals surface area contributed by atoms with Gasteiger partial charge in [-0.05, 0) is 18.2 Å². The molecule has 1 saturated heterocycles. The van der Waals surface area contributed by atoms with Crippen LogP contribution in [0.25, 0.3) is 0 Å². The van der Waals surface area contributed by atoms with Crippen LogP contribution in [0.2, 0.25) is 5.02 Å². The molecular weight excluding hydrogens is 289 g/mol. The Balaban J connectivity index is 1.88. The van der Waals surface area contributed by atoms with Gasteiger partial charge in [0.15, 0.2) is 6.61 Å². The lowest BCUT2D eigenvalue weighted by Crippen LogP contribution is -2.48. The summed E-state index contributed by atoms with van der Waals surface area (Å²) in [6.07, 6.45) is -0.359. The third-order valence-electron chi connectivity index (χ3n) is 2.94. The maximum Gasteiger partial charge on any atom is 0.260 e. The molecular formula is C13H15ClFNO4. The molecule has 2 rings (SSSR count). The maximum atomic E-state index is 12.9. The summed E-state index contributed by atoms with van der Waals surface area (Å²) in [6, 6.07) is 3.71. The van der Waals surface area contributed by atoms with E-state index in [1.165, 1.54) is 12.1 Å². The van der Waals surface area contributed by atoms with Gasteiger partial charge in [0.2, 0.25) is 0 Å². The molecule has 0 saturated carbocycles. The second-order valence-corrected chi connectivity index (χ2v) is 4.79. The molecule has 1 fully saturated rings. The number of carbonyl (C=O) groups is 1. The molecule has 1 aliphatic rings. The quantitative estimate of drug-likeness (QED) is 0.904. The number of amides is 1. The Morgan fingerprint density at radius 3 is 3.10 bits per heavy atom. The average molecular weight is 304 g/mol. The van der Waals surface area contributed by atoms with E-state index in [9.17, 15) is 9.18 Å². The molecule has 1 aromatic rings. The molecule has 1 aromatic carbocycles. The van der Waals surface area contributed by atoms with Crippen molar-refractivity contribution in [2.24, 2.45) is 0 Å². The first-order valence-electron chi connectivity index (χ1n) is 6.18. The van der Waals surface area contributed by atoms with Crippen molar-refractivity contribution in [3.05, 3.63) is 29.0 Å². The molecule has 1 atom stereocenters. The second kappa shape index (κ2) is 6.88. The van der Waals surface area contributed by atoms with Crippen molar-refractivity contribution in [3.63, 3.8) is 0 Å². The number of hydrogen-bond acceptors (Lipinski definition) is 4. The number of rotatable bonds is 4. The lowest BCUT2D eigenvalue weighted by Gasteiger charge is -2.31. The summed E-state index contributed by atoms with van der Waals surface area (Å²) in [5.41, 5.74) is 0. The number of halogens is 2. The molecule has 1 heterocycles. The predicted octanol–water partition coefficient (Wildman–Crippen LogP) is 1.08. The summed E-state index contributed by atoms with van der Waals surface area (Å²) in [6.45, 7) is 0.845. The Labute approximate surface area is 120 Å². The van der Waals surface area contributed by atoms with Gasteiger partial charge in [-0.2, -0.15) is 0 Å². The van der Waals surface area contributed by atoms with Crippen LogP contribution in [0.5, 0.6) is 5.75 Å². The zero-order valence-corrected chi connectivity index (χ0v) is 11.5. The van der Waals surface area contributed by atoms with Gasteiger partial charge < -0.3 is 19.5 Å². The molecule has 0 spiro atoms. The molecule has 0 bridgehead atoms. The van der Waals surface area contributed by atoms with Crippen molar-refractivity contribution in [1.82, 2.24) is 4.90 Å². The Morgan fingerprint density at radius 1 is 1.60 bits per heavy atom. The molecule has 110 valence electrons. The van der Waals surface area contributed by atoms with Crippen LogP contribution >= 0.6 is 11.6 Å². The van der Waals surface area contributed by atoms with Crippen molar-refractivity contribution in [2.75, 3.05) is 32.9 Å². The zero-order valence-electron chi connectivity index (χ0n) is 10.7.